The van der Waals surface area contributed by atoms with Crippen LogP contribution in [0.2, 0.25) is 0 Å². The number of carboxylic acids is 1. The van der Waals surface area contributed by atoms with Crippen LogP contribution in [0.4, 0.5) is 48.7 Å². The van der Waals surface area contributed by atoms with Gasteiger partial charge in [0.2, 0.25) is 0 Å². The van der Waals surface area contributed by atoms with Crippen LogP contribution in [-0.4, -0.2) is 41.8 Å². The van der Waals surface area contributed by atoms with Crippen molar-refractivity contribution in [3.05, 3.63) is 93.3 Å². The smallest absolute Gasteiger partial charge is 0.417 e. The Labute approximate surface area is 290 Å². The largest absolute Gasteiger partial charge is 0.496 e. The molecule has 1 aliphatic heterocycles. The van der Waals surface area contributed by atoms with Crippen molar-refractivity contribution < 1.29 is 68.1 Å². The van der Waals surface area contributed by atoms with Crippen molar-refractivity contribution in [1.82, 2.24) is 4.90 Å². The number of carbonyl (C=O) groups excluding carboxylic acids is 1. The third-order valence-electron chi connectivity index (χ3n) is 9.34. The number of amides is 1. The summed E-state index contributed by atoms with van der Waals surface area (Å²) >= 11 is 0. The Morgan fingerprint density at radius 1 is 0.904 bits per heavy atom. The first-order valence-corrected chi connectivity index (χ1v) is 15.7. The third kappa shape index (κ3) is 7.70. The number of nitrogens with zero attached hydrogens (tertiary/aromatic N) is 1. The molecule has 3 aromatic rings. The Hall–Kier alpha value is -4.76. The second-order valence-electron chi connectivity index (χ2n) is 13.5. The minimum absolute atomic E-state index is 0.0397. The molecule has 52 heavy (non-hydrogen) atoms. The van der Waals surface area contributed by atoms with Gasteiger partial charge in [0, 0.05) is 17.7 Å². The van der Waals surface area contributed by atoms with Gasteiger partial charge in [0.25, 0.3) is 0 Å². The van der Waals surface area contributed by atoms with E-state index in [0.717, 1.165) is 30.2 Å². The fourth-order valence-electron chi connectivity index (χ4n) is 6.71. The molecule has 6 nitrogen and oxygen atoms in total. The highest BCUT2D eigenvalue weighted by molar-refractivity contribution is 5.89. The van der Waals surface area contributed by atoms with Gasteiger partial charge >= 0.3 is 30.6 Å². The molecule has 1 N–H and O–H groups in total. The van der Waals surface area contributed by atoms with Crippen LogP contribution < -0.4 is 4.74 Å². The number of hydrogen-bond acceptors (Lipinski definition) is 4. The van der Waals surface area contributed by atoms with Gasteiger partial charge in [-0.3, -0.25) is 4.90 Å². The molecule has 1 heterocycles. The molecule has 1 fully saturated rings. The number of alkyl halides is 9. The molecule has 280 valence electrons. The Morgan fingerprint density at radius 3 is 2.04 bits per heavy atom. The summed E-state index contributed by atoms with van der Waals surface area (Å²) in [6.45, 7) is 4.92. The average Bonchev–Trinajstić information content (AvgIpc) is 3.31. The van der Waals surface area contributed by atoms with Gasteiger partial charge in [-0.15, -0.1) is 0 Å². The summed E-state index contributed by atoms with van der Waals surface area (Å²) in [5.41, 5.74) is -6.02. The summed E-state index contributed by atoms with van der Waals surface area (Å²) in [6.07, 6.45) is -16.9. The molecule has 1 saturated heterocycles. The van der Waals surface area contributed by atoms with Crippen LogP contribution in [0.3, 0.4) is 0 Å². The van der Waals surface area contributed by atoms with Crippen molar-refractivity contribution in [2.45, 2.75) is 70.7 Å². The SMILES string of the molecule is COc1cc(C(F)(F)F)c(-c2ccc(C(=O)O)cc2F)cc1C1=C(CN2C(=O)O[C@H](c3cc(C(F)(F)F)cc(C(F)(F)F)c3)[C@@H]2C)CC(C)(C)CC1. The molecule has 1 amide bonds. The van der Waals surface area contributed by atoms with E-state index in [4.69, 9.17) is 9.47 Å². The van der Waals surface area contributed by atoms with E-state index < -0.39 is 92.9 Å². The zero-order chi connectivity index (χ0) is 38.7. The van der Waals surface area contributed by atoms with Crippen molar-refractivity contribution >= 4 is 17.6 Å². The summed E-state index contributed by atoms with van der Waals surface area (Å²) in [5, 5.41) is 9.24. The first kappa shape index (κ1) is 38.5. The van der Waals surface area contributed by atoms with E-state index in [0.29, 0.717) is 41.8 Å². The fraction of sp³-hybridized carbons (Fsp3) is 0.389. The number of allylic oxidation sites excluding steroid dienone is 1. The first-order valence-electron chi connectivity index (χ1n) is 15.7. The van der Waals surface area contributed by atoms with Gasteiger partial charge in [-0.25, -0.2) is 14.0 Å². The average molecular weight is 748 g/mol. The molecule has 3 aromatic carbocycles. The number of benzene rings is 3. The van der Waals surface area contributed by atoms with Gasteiger partial charge < -0.3 is 14.6 Å². The number of methoxy groups -OCH3 is 1. The summed E-state index contributed by atoms with van der Waals surface area (Å²) in [5.74, 6) is -2.98. The van der Waals surface area contributed by atoms with E-state index in [2.05, 4.69) is 0 Å². The molecule has 0 unspecified atom stereocenters. The minimum atomic E-state index is -5.14. The number of carboxylic acid groups (broad SMARTS) is 1. The molecule has 16 heteroatoms. The van der Waals surface area contributed by atoms with Crippen molar-refractivity contribution in [1.29, 1.82) is 0 Å². The summed E-state index contributed by atoms with van der Waals surface area (Å²) in [6, 6.07) is 4.06. The Bertz CT molecular complexity index is 1910. The highest BCUT2D eigenvalue weighted by atomic mass is 19.4. The molecule has 0 radical (unpaired) electrons. The van der Waals surface area contributed by atoms with Crippen molar-refractivity contribution in [3.63, 3.8) is 0 Å². The molecule has 2 atom stereocenters. The second kappa shape index (κ2) is 13.3. The van der Waals surface area contributed by atoms with E-state index in [-0.39, 0.29) is 36.8 Å². The maximum Gasteiger partial charge on any atom is 0.417 e. The Kier molecular flexibility index (Phi) is 9.87. The molecule has 0 bridgehead atoms. The predicted octanol–water partition coefficient (Wildman–Crippen LogP) is 10.8. The van der Waals surface area contributed by atoms with Gasteiger partial charge in [-0.05, 0) is 96.3 Å². The molecule has 0 spiro atoms. The lowest BCUT2D eigenvalue weighted by atomic mass is 9.72. The lowest BCUT2D eigenvalue weighted by Gasteiger charge is -2.36. The third-order valence-corrected chi connectivity index (χ3v) is 9.34. The molecular weight excluding hydrogens is 716 g/mol. The quantitative estimate of drug-likeness (QED) is 0.244. The van der Waals surface area contributed by atoms with E-state index in [1.165, 1.54) is 6.92 Å². The molecule has 0 aromatic heterocycles. The first-order chi connectivity index (χ1) is 23.9. The molecule has 1 aliphatic carbocycles. The monoisotopic (exact) mass is 747 g/mol. The van der Waals surface area contributed by atoms with Gasteiger partial charge in [0.05, 0.1) is 35.4 Å². The molecule has 2 aliphatic rings. The summed E-state index contributed by atoms with van der Waals surface area (Å²) in [4.78, 5) is 25.7. The number of carbonyl (C=O) groups is 2. The normalized spacial score (nSPS) is 19.6. The van der Waals surface area contributed by atoms with Crippen LogP contribution in [0.5, 0.6) is 5.75 Å². The van der Waals surface area contributed by atoms with Crippen LogP contribution in [0.1, 0.15) is 84.3 Å². The lowest BCUT2D eigenvalue weighted by molar-refractivity contribution is -0.143. The minimum Gasteiger partial charge on any atom is -0.496 e. The van der Waals surface area contributed by atoms with E-state index in [1.54, 1.807) is 0 Å². The standard InChI is InChI=1S/C36H31F10NO5/c1-17-30(19-9-21(34(38,39)40)12-22(10-19)35(41,42)43)52-32(50)47(17)16-20-15-33(2,3)8-7-23(20)26-13-25(27(36(44,45)46)14-29(26)51-4)24-6-5-18(31(48)49)11-28(24)37/h5-6,9-14,17,30H,7-8,15-16H2,1-4H3,(H,48,49)/t17-,30-/m0/s1. The summed E-state index contributed by atoms with van der Waals surface area (Å²) in [7, 11) is 1.13. The maximum atomic E-state index is 15.3. The van der Waals surface area contributed by atoms with Gasteiger partial charge in [0.15, 0.2) is 0 Å². The highest BCUT2D eigenvalue weighted by Gasteiger charge is 2.45. The van der Waals surface area contributed by atoms with Gasteiger partial charge in [-0.1, -0.05) is 19.9 Å². The zero-order valence-electron chi connectivity index (χ0n) is 27.9. The zero-order valence-corrected chi connectivity index (χ0v) is 27.9. The Morgan fingerprint density at radius 2 is 1.52 bits per heavy atom. The number of aromatic carboxylic acids is 1. The van der Waals surface area contributed by atoms with Crippen LogP contribution in [0.15, 0.2) is 54.1 Å². The van der Waals surface area contributed by atoms with Crippen LogP contribution in [-0.2, 0) is 23.3 Å². The van der Waals surface area contributed by atoms with E-state index >= 15 is 4.39 Å². The molecule has 0 saturated carbocycles. The van der Waals surface area contributed by atoms with Crippen LogP contribution in [0.25, 0.3) is 16.7 Å². The number of ether oxygens (including phenoxy) is 2. The highest BCUT2D eigenvalue weighted by Crippen LogP contribution is 2.49. The fourth-order valence-corrected chi connectivity index (χ4v) is 6.71. The van der Waals surface area contributed by atoms with Crippen molar-refractivity contribution in [2.24, 2.45) is 5.41 Å². The van der Waals surface area contributed by atoms with Crippen molar-refractivity contribution in [3.8, 4) is 16.9 Å². The lowest BCUT2D eigenvalue weighted by Crippen LogP contribution is -2.35. The van der Waals surface area contributed by atoms with Crippen molar-refractivity contribution in [2.75, 3.05) is 13.7 Å². The number of halogens is 10. The number of rotatable bonds is 7. The maximum absolute atomic E-state index is 15.3. The van der Waals surface area contributed by atoms with Gasteiger partial charge in [0.1, 0.15) is 17.7 Å². The second-order valence-corrected chi connectivity index (χ2v) is 13.5. The topological polar surface area (TPSA) is 76.1 Å². The Balaban J connectivity index is 1.63. The van der Waals surface area contributed by atoms with Crippen LogP contribution in [0, 0.1) is 11.2 Å². The number of hydrogen-bond donors (Lipinski definition) is 1. The van der Waals surface area contributed by atoms with E-state index in [9.17, 15) is 54.2 Å². The number of cyclic esters (lactones) is 1. The van der Waals surface area contributed by atoms with E-state index in [1.807, 2.05) is 13.8 Å². The molecule has 5 rings (SSSR count). The molecular formula is C36H31F10NO5. The van der Waals surface area contributed by atoms with Gasteiger partial charge in [-0.2, -0.15) is 39.5 Å². The van der Waals surface area contributed by atoms with Crippen LogP contribution >= 0.6 is 0 Å². The predicted molar refractivity (Wildman–Crippen MR) is 167 cm³/mol. The summed E-state index contributed by atoms with van der Waals surface area (Å²) < 4.78 is 151.